The first kappa shape index (κ1) is 24.4. The molecule has 3 aromatic carbocycles. The molecule has 7 nitrogen and oxygen atoms in total. The number of sulfonamides is 1. The smallest absolute Gasteiger partial charge is 0.279 e. The quantitative estimate of drug-likeness (QED) is 0.340. The third-order valence-corrected chi connectivity index (χ3v) is 7.83. The number of nitrogens with one attached hydrogen (secondary N) is 1. The third kappa shape index (κ3) is 5.36. The second-order valence-electron chi connectivity index (χ2n) is 7.72. The van der Waals surface area contributed by atoms with Gasteiger partial charge in [0, 0.05) is 17.8 Å². The number of carbonyl (C=O) groups excluding carboxylic acids is 1. The van der Waals surface area contributed by atoms with E-state index in [9.17, 15) is 13.2 Å². The van der Waals surface area contributed by atoms with E-state index in [0.29, 0.717) is 17.1 Å². The zero-order valence-corrected chi connectivity index (χ0v) is 21.0. The normalized spacial score (nSPS) is 12.0. The number of hydrogen-bond acceptors (Lipinski definition) is 5. The van der Waals surface area contributed by atoms with Gasteiger partial charge in [-0.25, -0.2) is 8.42 Å². The maximum Gasteiger partial charge on any atom is 0.279 e. The molecule has 0 radical (unpaired) electrons. The molecule has 4 rings (SSSR count). The van der Waals surface area contributed by atoms with E-state index in [0.717, 1.165) is 16.6 Å². The summed E-state index contributed by atoms with van der Waals surface area (Å²) in [5.41, 5.74) is 2.74. The Hall–Kier alpha value is -3.69. The summed E-state index contributed by atoms with van der Waals surface area (Å²) < 4.78 is 36.1. The minimum atomic E-state index is -3.84. The van der Waals surface area contributed by atoms with Crippen LogP contribution in [0.15, 0.2) is 89.3 Å². The molecule has 9 heteroatoms. The van der Waals surface area contributed by atoms with Crippen molar-refractivity contribution < 1.29 is 17.9 Å². The molecule has 0 aliphatic carbocycles. The van der Waals surface area contributed by atoms with Crippen molar-refractivity contribution in [3.8, 4) is 5.75 Å². The fourth-order valence-electron chi connectivity index (χ4n) is 3.56. The van der Waals surface area contributed by atoms with Crippen LogP contribution in [-0.4, -0.2) is 26.0 Å². The third-order valence-electron chi connectivity index (χ3n) is 5.40. The molecule has 1 amide bonds. The van der Waals surface area contributed by atoms with Gasteiger partial charge >= 0.3 is 0 Å². The standard InChI is InChI=1S/C26H25N3O4S2/c1-4-15-29-23-14-9-18(5-2)16-24(23)34-26(29)27-25(30)19-7-6-8-20(17-19)28-35(31,32)22-12-10-21(33-3)11-13-22/h4,6-14,16-17,28H,1,5,15H2,2-3H3. The van der Waals surface area contributed by atoms with Gasteiger partial charge in [0.05, 0.1) is 22.2 Å². The van der Waals surface area contributed by atoms with Crippen molar-refractivity contribution in [2.45, 2.75) is 24.8 Å². The molecule has 0 atom stereocenters. The summed E-state index contributed by atoms with van der Waals surface area (Å²) >= 11 is 1.44. The summed E-state index contributed by atoms with van der Waals surface area (Å²) in [6.07, 6.45) is 2.68. The zero-order valence-electron chi connectivity index (χ0n) is 19.4. The van der Waals surface area contributed by atoms with Crippen LogP contribution >= 0.6 is 11.3 Å². The van der Waals surface area contributed by atoms with Crippen molar-refractivity contribution in [3.05, 3.63) is 95.3 Å². The molecule has 0 saturated carbocycles. The molecule has 1 heterocycles. The fourth-order valence-corrected chi connectivity index (χ4v) is 5.72. The second kappa shape index (κ2) is 10.3. The summed E-state index contributed by atoms with van der Waals surface area (Å²) in [5, 5.41) is 0. The minimum absolute atomic E-state index is 0.0851. The number of ether oxygens (including phenoxy) is 1. The predicted molar refractivity (Wildman–Crippen MR) is 140 cm³/mol. The Morgan fingerprint density at radius 3 is 2.60 bits per heavy atom. The number of benzene rings is 3. The maximum absolute atomic E-state index is 13.0. The number of rotatable bonds is 8. The highest BCUT2D eigenvalue weighted by atomic mass is 32.2. The average Bonchev–Trinajstić information content (AvgIpc) is 3.20. The lowest BCUT2D eigenvalue weighted by Gasteiger charge is -2.09. The number of hydrogen-bond donors (Lipinski definition) is 1. The van der Waals surface area contributed by atoms with Crippen LogP contribution in [0.4, 0.5) is 5.69 Å². The zero-order chi connectivity index (χ0) is 25.0. The van der Waals surface area contributed by atoms with E-state index in [1.54, 1.807) is 36.4 Å². The summed E-state index contributed by atoms with van der Waals surface area (Å²) in [7, 11) is -2.33. The number of amides is 1. The molecule has 0 saturated heterocycles. The highest BCUT2D eigenvalue weighted by Gasteiger charge is 2.16. The number of nitrogens with zero attached hydrogens (tertiary/aromatic N) is 2. The number of aryl methyl sites for hydroxylation is 1. The Labute approximate surface area is 208 Å². The second-order valence-corrected chi connectivity index (χ2v) is 10.4. The molecule has 1 aromatic heterocycles. The van der Waals surface area contributed by atoms with E-state index >= 15 is 0 Å². The average molecular weight is 508 g/mol. The van der Waals surface area contributed by atoms with Crippen LogP contribution in [0.2, 0.25) is 0 Å². The first-order valence-corrected chi connectivity index (χ1v) is 13.2. The Morgan fingerprint density at radius 2 is 1.91 bits per heavy atom. The summed E-state index contributed by atoms with van der Waals surface area (Å²) in [6, 6.07) is 18.5. The molecular formula is C26H25N3O4S2. The van der Waals surface area contributed by atoms with Crippen LogP contribution in [0.1, 0.15) is 22.8 Å². The number of thiazole rings is 1. The molecule has 180 valence electrons. The number of allylic oxidation sites excluding steroid dienone is 1. The lowest BCUT2D eigenvalue weighted by atomic mass is 10.2. The highest BCUT2D eigenvalue weighted by Crippen LogP contribution is 2.22. The van der Waals surface area contributed by atoms with Gasteiger partial charge in [-0.2, -0.15) is 4.99 Å². The van der Waals surface area contributed by atoms with Gasteiger partial charge in [-0.05, 0) is 66.6 Å². The van der Waals surface area contributed by atoms with Crippen molar-refractivity contribution in [3.63, 3.8) is 0 Å². The van der Waals surface area contributed by atoms with Gasteiger partial charge in [-0.1, -0.05) is 36.5 Å². The van der Waals surface area contributed by atoms with Crippen LogP contribution in [-0.2, 0) is 23.0 Å². The van der Waals surface area contributed by atoms with Crippen molar-refractivity contribution >= 4 is 43.2 Å². The van der Waals surface area contributed by atoms with E-state index in [1.807, 2.05) is 10.6 Å². The van der Waals surface area contributed by atoms with Gasteiger partial charge in [0.15, 0.2) is 4.80 Å². The molecule has 0 spiro atoms. The van der Waals surface area contributed by atoms with Crippen molar-refractivity contribution in [2.24, 2.45) is 4.99 Å². The highest BCUT2D eigenvalue weighted by molar-refractivity contribution is 7.92. The van der Waals surface area contributed by atoms with Gasteiger partial charge in [-0.3, -0.25) is 9.52 Å². The summed E-state index contributed by atoms with van der Waals surface area (Å²) in [5.74, 6) is 0.0922. The molecular weight excluding hydrogens is 482 g/mol. The number of methoxy groups -OCH3 is 1. The van der Waals surface area contributed by atoms with Gasteiger partial charge in [-0.15, -0.1) is 6.58 Å². The molecule has 0 bridgehead atoms. The van der Waals surface area contributed by atoms with Gasteiger partial charge in [0.25, 0.3) is 15.9 Å². The number of fused-ring (bicyclic) bond motifs is 1. The topological polar surface area (TPSA) is 89.8 Å². The Balaban J connectivity index is 1.65. The molecule has 35 heavy (non-hydrogen) atoms. The summed E-state index contributed by atoms with van der Waals surface area (Å²) in [4.78, 5) is 18.0. The van der Waals surface area contributed by atoms with E-state index in [2.05, 4.69) is 35.3 Å². The van der Waals surface area contributed by atoms with Crippen molar-refractivity contribution in [2.75, 3.05) is 11.8 Å². The molecule has 0 aliphatic heterocycles. The monoisotopic (exact) mass is 507 g/mol. The van der Waals surface area contributed by atoms with E-state index in [4.69, 9.17) is 4.74 Å². The molecule has 1 N–H and O–H groups in total. The van der Waals surface area contributed by atoms with E-state index in [1.165, 1.54) is 42.2 Å². The number of carbonyl (C=O) groups is 1. The molecule has 0 unspecified atom stereocenters. The Morgan fingerprint density at radius 1 is 1.14 bits per heavy atom. The molecule has 0 aliphatic rings. The van der Waals surface area contributed by atoms with Gasteiger partial charge in [0.2, 0.25) is 0 Å². The largest absolute Gasteiger partial charge is 0.497 e. The van der Waals surface area contributed by atoms with Crippen LogP contribution in [0.5, 0.6) is 5.75 Å². The molecule has 0 fully saturated rings. The van der Waals surface area contributed by atoms with Crippen LogP contribution in [0.3, 0.4) is 0 Å². The number of anilines is 1. The van der Waals surface area contributed by atoms with Crippen LogP contribution in [0.25, 0.3) is 10.2 Å². The minimum Gasteiger partial charge on any atom is -0.497 e. The van der Waals surface area contributed by atoms with E-state index < -0.39 is 15.9 Å². The Bertz CT molecular complexity index is 1570. The van der Waals surface area contributed by atoms with Gasteiger partial charge < -0.3 is 9.30 Å². The lowest BCUT2D eigenvalue weighted by molar-refractivity contribution is 0.0998. The number of aromatic nitrogens is 1. The van der Waals surface area contributed by atoms with Crippen LogP contribution < -0.4 is 14.3 Å². The van der Waals surface area contributed by atoms with E-state index in [-0.39, 0.29) is 16.1 Å². The van der Waals surface area contributed by atoms with Gasteiger partial charge in [0.1, 0.15) is 5.75 Å². The SMILES string of the molecule is C=CCn1c(=NC(=O)c2cccc(NS(=O)(=O)c3ccc(OC)cc3)c2)sc2cc(CC)ccc21. The first-order valence-electron chi connectivity index (χ1n) is 10.9. The van der Waals surface area contributed by atoms with Crippen LogP contribution in [0, 0.1) is 0 Å². The molecule has 4 aromatic rings. The predicted octanol–water partition coefficient (Wildman–Crippen LogP) is 5.00. The summed E-state index contributed by atoms with van der Waals surface area (Å²) in [6.45, 7) is 6.43. The Kier molecular flexibility index (Phi) is 7.18. The first-order chi connectivity index (χ1) is 16.8. The van der Waals surface area contributed by atoms with Crippen molar-refractivity contribution in [1.82, 2.24) is 4.57 Å². The maximum atomic E-state index is 13.0. The fraction of sp³-hybridized carbons (Fsp3) is 0.154. The lowest BCUT2D eigenvalue weighted by Crippen LogP contribution is -2.16. The van der Waals surface area contributed by atoms with Crippen molar-refractivity contribution in [1.29, 1.82) is 0 Å².